The highest BCUT2D eigenvalue weighted by atomic mass is 79.9. The van der Waals surface area contributed by atoms with Crippen LogP contribution in [-0.2, 0) is 0 Å². The van der Waals surface area contributed by atoms with Gasteiger partial charge in [0.05, 0.1) is 16.4 Å². The summed E-state index contributed by atoms with van der Waals surface area (Å²) in [4.78, 5) is 6.33. The summed E-state index contributed by atoms with van der Waals surface area (Å²) in [6.07, 6.45) is 4.55. The van der Waals surface area contributed by atoms with Gasteiger partial charge >= 0.3 is 0 Å². The Hall–Kier alpha value is -0.280. The maximum atomic E-state index is 5.83. The second-order valence-electron chi connectivity index (χ2n) is 3.79. The van der Waals surface area contributed by atoms with E-state index < -0.39 is 0 Å². The molecular weight excluding hydrogens is 263 g/mol. The zero-order valence-corrected chi connectivity index (χ0v) is 10.3. The van der Waals surface area contributed by atoms with Crippen LogP contribution >= 0.6 is 27.5 Å². The average molecular weight is 276 g/mol. The van der Waals surface area contributed by atoms with E-state index in [4.69, 9.17) is 11.6 Å². The van der Waals surface area contributed by atoms with E-state index >= 15 is 0 Å². The molecule has 0 spiro atoms. The Morgan fingerprint density at radius 1 is 1.64 bits per heavy atom. The number of rotatable bonds is 3. The van der Waals surface area contributed by atoms with Gasteiger partial charge in [0.2, 0.25) is 0 Å². The van der Waals surface area contributed by atoms with Gasteiger partial charge in [-0.05, 0) is 40.8 Å². The van der Waals surface area contributed by atoms with Crippen LogP contribution in [0, 0.1) is 5.92 Å². The molecule has 1 heterocycles. The van der Waals surface area contributed by atoms with Crippen LogP contribution in [0.4, 0.5) is 5.69 Å². The van der Waals surface area contributed by atoms with Gasteiger partial charge in [-0.2, -0.15) is 0 Å². The predicted octanol–water partition coefficient (Wildman–Crippen LogP) is 3.34. The van der Waals surface area contributed by atoms with Crippen LogP contribution < -0.4 is 4.90 Å². The minimum absolute atomic E-state index is 0.522. The minimum atomic E-state index is 0.522. The Morgan fingerprint density at radius 3 is 2.93 bits per heavy atom. The summed E-state index contributed by atoms with van der Waals surface area (Å²) in [7, 11) is 2.09. The van der Waals surface area contributed by atoms with E-state index in [1.54, 1.807) is 0 Å². The molecule has 76 valence electrons. The van der Waals surface area contributed by atoms with Crippen molar-refractivity contribution in [2.24, 2.45) is 5.92 Å². The van der Waals surface area contributed by atoms with Crippen molar-refractivity contribution in [2.45, 2.75) is 12.8 Å². The molecule has 0 N–H and O–H groups in total. The summed E-state index contributed by atoms with van der Waals surface area (Å²) in [6.45, 7) is 1.12. The molecule has 1 aromatic heterocycles. The van der Waals surface area contributed by atoms with E-state index in [0.29, 0.717) is 5.15 Å². The summed E-state index contributed by atoms with van der Waals surface area (Å²) >= 11 is 9.20. The summed E-state index contributed by atoms with van der Waals surface area (Å²) < 4.78 is 0.860. The van der Waals surface area contributed by atoms with Crippen LogP contribution in [-0.4, -0.2) is 18.6 Å². The molecule has 0 bridgehead atoms. The predicted molar refractivity (Wildman–Crippen MR) is 62.9 cm³/mol. The van der Waals surface area contributed by atoms with Gasteiger partial charge in [-0.15, -0.1) is 0 Å². The van der Waals surface area contributed by atoms with E-state index in [2.05, 4.69) is 32.9 Å². The highest BCUT2D eigenvalue weighted by Gasteiger charge is 2.23. The average Bonchev–Trinajstić information content (AvgIpc) is 2.93. The maximum absolute atomic E-state index is 5.83. The highest BCUT2D eigenvalue weighted by Crippen LogP contribution is 2.31. The monoisotopic (exact) mass is 274 g/mol. The molecule has 1 aliphatic rings. The van der Waals surface area contributed by atoms with Crippen molar-refractivity contribution < 1.29 is 0 Å². The van der Waals surface area contributed by atoms with Gasteiger partial charge in [0.15, 0.2) is 0 Å². The van der Waals surface area contributed by atoms with E-state index in [1.807, 2.05) is 12.3 Å². The fraction of sp³-hybridized carbons (Fsp3) is 0.500. The minimum Gasteiger partial charge on any atom is -0.373 e. The van der Waals surface area contributed by atoms with Crippen molar-refractivity contribution in [3.05, 3.63) is 21.9 Å². The number of hydrogen-bond acceptors (Lipinski definition) is 2. The zero-order valence-electron chi connectivity index (χ0n) is 8.00. The lowest BCUT2D eigenvalue weighted by atomic mass is 10.3. The molecule has 1 saturated carbocycles. The molecule has 2 rings (SSSR count). The first-order chi connectivity index (χ1) is 6.66. The number of halogens is 2. The van der Waals surface area contributed by atoms with Gasteiger partial charge in [0.1, 0.15) is 5.15 Å². The molecule has 1 aliphatic carbocycles. The largest absolute Gasteiger partial charge is 0.373 e. The van der Waals surface area contributed by atoms with Crippen molar-refractivity contribution in [1.29, 1.82) is 0 Å². The van der Waals surface area contributed by atoms with Crippen molar-refractivity contribution in [3.8, 4) is 0 Å². The van der Waals surface area contributed by atoms with E-state index in [1.165, 1.54) is 12.8 Å². The molecule has 0 aromatic carbocycles. The van der Waals surface area contributed by atoms with Gasteiger partial charge in [0.25, 0.3) is 0 Å². The molecule has 0 unspecified atom stereocenters. The van der Waals surface area contributed by atoms with Crippen molar-refractivity contribution in [2.75, 3.05) is 18.5 Å². The number of hydrogen-bond donors (Lipinski definition) is 0. The standard InChI is InChI=1S/C10H12BrClN2/c1-14(6-7-2-3-7)8-4-9(11)10(12)13-5-8/h4-5,7H,2-3,6H2,1H3. The lowest BCUT2D eigenvalue weighted by Gasteiger charge is -2.18. The van der Waals surface area contributed by atoms with Crippen molar-refractivity contribution in [3.63, 3.8) is 0 Å². The first kappa shape index (κ1) is 10.2. The lowest BCUT2D eigenvalue weighted by Crippen LogP contribution is -2.19. The number of pyridine rings is 1. The second kappa shape index (κ2) is 4.07. The first-order valence-electron chi connectivity index (χ1n) is 4.69. The maximum Gasteiger partial charge on any atom is 0.143 e. The molecule has 1 fully saturated rings. The number of anilines is 1. The third-order valence-electron chi connectivity index (χ3n) is 2.45. The molecule has 0 aliphatic heterocycles. The van der Waals surface area contributed by atoms with Gasteiger partial charge in [-0.25, -0.2) is 4.98 Å². The summed E-state index contributed by atoms with van der Waals surface area (Å²) in [5.74, 6) is 0.884. The third-order valence-corrected chi connectivity index (χ3v) is 3.59. The van der Waals surface area contributed by atoms with Gasteiger partial charge in [-0.1, -0.05) is 11.6 Å². The zero-order chi connectivity index (χ0) is 10.1. The van der Waals surface area contributed by atoms with E-state index in [-0.39, 0.29) is 0 Å². The quantitative estimate of drug-likeness (QED) is 0.787. The van der Waals surface area contributed by atoms with Crippen LogP contribution in [0.15, 0.2) is 16.7 Å². The van der Waals surface area contributed by atoms with Crippen LogP contribution in [0.3, 0.4) is 0 Å². The van der Waals surface area contributed by atoms with Crippen molar-refractivity contribution in [1.82, 2.24) is 4.98 Å². The Morgan fingerprint density at radius 2 is 2.36 bits per heavy atom. The lowest BCUT2D eigenvalue weighted by molar-refractivity contribution is 0.785. The van der Waals surface area contributed by atoms with Crippen LogP contribution in [0.5, 0.6) is 0 Å². The first-order valence-corrected chi connectivity index (χ1v) is 5.86. The fourth-order valence-electron chi connectivity index (χ4n) is 1.41. The molecule has 0 atom stereocenters. The molecule has 0 saturated heterocycles. The summed E-state index contributed by atoms with van der Waals surface area (Å²) in [5, 5.41) is 0.522. The van der Waals surface area contributed by atoms with Gasteiger partial charge < -0.3 is 4.90 Å². The number of aromatic nitrogens is 1. The Labute approximate surface area is 97.4 Å². The van der Waals surface area contributed by atoms with E-state index in [0.717, 1.165) is 22.6 Å². The van der Waals surface area contributed by atoms with Gasteiger partial charge in [0, 0.05) is 13.6 Å². The number of nitrogens with zero attached hydrogens (tertiary/aromatic N) is 2. The van der Waals surface area contributed by atoms with Crippen molar-refractivity contribution >= 4 is 33.2 Å². The second-order valence-corrected chi connectivity index (χ2v) is 5.00. The molecule has 4 heteroatoms. The molecule has 2 nitrogen and oxygen atoms in total. The van der Waals surface area contributed by atoms with Crippen LogP contribution in [0.25, 0.3) is 0 Å². The molecule has 14 heavy (non-hydrogen) atoms. The Bertz CT molecular complexity index is 339. The smallest absolute Gasteiger partial charge is 0.143 e. The molecule has 0 radical (unpaired) electrons. The third kappa shape index (κ3) is 2.39. The topological polar surface area (TPSA) is 16.1 Å². The Kier molecular flexibility index (Phi) is 2.98. The molecule has 1 aromatic rings. The normalized spacial score (nSPS) is 15.6. The van der Waals surface area contributed by atoms with Gasteiger partial charge in [-0.3, -0.25) is 0 Å². The highest BCUT2D eigenvalue weighted by molar-refractivity contribution is 9.10. The van der Waals surface area contributed by atoms with Crippen LogP contribution in [0.1, 0.15) is 12.8 Å². The molecular formula is C10H12BrClN2. The molecule has 0 amide bonds. The fourth-order valence-corrected chi connectivity index (χ4v) is 1.85. The summed E-state index contributed by atoms with van der Waals surface area (Å²) in [6, 6.07) is 2.01. The SMILES string of the molecule is CN(CC1CC1)c1cnc(Cl)c(Br)c1. The van der Waals surface area contributed by atoms with E-state index in [9.17, 15) is 0 Å². The van der Waals surface area contributed by atoms with Crippen LogP contribution in [0.2, 0.25) is 5.15 Å². The Balaban J connectivity index is 2.10. The summed E-state index contributed by atoms with van der Waals surface area (Å²) in [5.41, 5.74) is 1.12.